The number of aromatic nitrogens is 1. The van der Waals surface area contributed by atoms with Crippen molar-refractivity contribution >= 4 is 45.7 Å². The molecule has 0 atom stereocenters. The highest BCUT2D eigenvalue weighted by Crippen LogP contribution is 2.30. The number of hydrogen-bond donors (Lipinski definition) is 1. The van der Waals surface area contributed by atoms with Crippen molar-refractivity contribution in [1.82, 2.24) is 4.98 Å². The molecular formula is C23H13Cl2N3O. The highest BCUT2D eigenvalue weighted by Gasteiger charge is 2.16. The third-order valence-electron chi connectivity index (χ3n) is 4.47. The molecule has 4 rings (SSSR count). The van der Waals surface area contributed by atoms with Crippen LogP contribution < -0.4 is 5.32 Å². The summed E-state index contributed by atoms with van der Waals surface area (Å²) in [4.78, 5) is 17.8. The summed E-state index contributed by atoms with van der Waals surface area (Å²) in [5.74, 6) is -0.326. The van der Waals surface area contributed by atoms with Crippen molar-refractivity contribution in [1.29, 1.82) is 5.26 Å². The first-order chi connectivity index (χ1) is 14.1. The number of anilines is 1. The van der Waals surface area contributed by atoms with Gasteiger partial charge in [-0.05, 0) is 36.4 Å². The molecule has 1 N–H and O–H groups in total. The van der Waals surface area contributed by atoms with E-state index in [1.54, 1.807) is 48.5 Å². The molecule has 0 aliphatic heterocycles. The molecule has 0 radical (unpaired) electrons. The Hall–Kier alpha value is -3.39. The number of rotatable bonds is 3. The van der Waals surface area contributed by atoms with Crippen molar-refractivity contribution in [2.45, 2.75) is 0 Å². The van der Waals surface area contributed by atoms with Crippen molar-refractivity contribution in [3.8, 4) is 17.3 Å². The maximum Gasteiger partial charge on any atom is 0.256 e. The van der Waals surface area contributed by atoms with Crippen molar-refractivity contribution in [3.63, 3.8) is 0 Å². The van der Waals surface area contributed by atoms with Crippen molar-refractivity contribution < 1.29 is 4.79 Å². The van der Waals surface area contributed by atoms with Crippen LogP contribution in [0.15, 0.2) is 72.8 Å². The second-order valence-electron chi connectivity index (χ2n) is 6.31. The Morgan fingerprint density at radius 2 is 1.69 bits per heavy atom. The van der Waals surface area contributed by atoms with Gasteiger partial charge < -0.3 is 5.32 Å². The third-order valence-corrected chi connectivity index (χ3v) is 5.21. The fourth-order valence-electron chi connectivity index (χ4n) is 3.05. The minimum atomic E-state index is -0.326. The van der Waals surface area contributed by atoms with Gasteiger partial charge in [0.25, 0.3) is 5.91 Å². The zero-order valence-corrected chi connectivity index (χ0v) is 16.5. The van der Waals surface area contributed by atoms with Gasteiger partial charge in [-0.25, -0.2) is 4.98 Å². The molecule has 1 amide bonds. The van der Waals surface area contributed by atoms with E-state index in [1.165, 1.54) is 0 Å². The average Bonchev–Trinajstić information content (AvgIpc) is 2.75. The molecule has 4 nitrogen and oxygen atoms in total. The van der Waals surface area contributed by atoms with Crippen LogP contribution in [0.4, 0.5) is 5.69 Å². The van der Waals surface area contributed by atoms with E-state index < -0.39 is 0 Å². The number of fused-ring (bicyclic) bond motifs is 1. The van der Waals surface area contributed by atoms with Crippen LogP contribution in [-0.2, 0) is 0 Å². The number of halogens is 2. The quantitative estimate of drug-likeness (QED) is 0.423. The largest absolute Gasteiger partial charge is 0.321 e. The Bertz CT molecular complexity index is 1300. The molecule has 3 aromatic carbocycles. The smallest absolute Gasteiger partial charge is 0.256 e. The van der Waals surface area contributed by atoms with Crippen LogP contribution in [0.5, 0.6) is 0 Å². The number of carbonyl (C=O) groups excluding carboxylic acids is 1. The summed E-state index contributed by atoms with van der Waals surface area (Å²) in [5, 5.41) is 13.7. The van der Waals surface area contributed by atoms with Crippen LogP contribution in [0.25, 0.3) is 22.2 Å². The fourth-order valence-corrected chi connectivity index (χ4v) is 3.34. The third kappa shape index (κ3) is 3.79. The molecule has 6 heteroatoms. The number of hydrogen-bond acceptors (Lipinski definition) is 3. The molecule has 0 aliphatic rings. The molecule has 0 fully saturated rings. The fraction of sp³-hybridized carbons (Fsp3) is 0. The molecule has 0 unspecified atom stereocenters. The monoisotopic (exact) mass is 417 g/mol. The number of para-hydroxylation sites is 2. The van der Waals surface area contributed by atoms with Gasteiger partial charge in [0, 0.05) is 10.9 Å². The Morgan fingerprint density at radius 3 is 2.48 bits per heavy atom. The lowest BCUT2D eigenvalue weighted by molar-refractivity contribution is 0.102. The topological polar surface area (TPSA) is 65.8 Å². The highest BCUT2D eigenvalue weighted by molar-refractivity contribution is 6.42. The number of benzene rings is 3. The van der Waals surface area contributed by atoms with Gasteiger partial charge in [0.2, 0.25) is 0 Å². The van der Waals surface area contributed by atoms with Gasteiger partial charge >= 0.3 is 0 Å². The van der Waals surface area contributed by atoms with Crippen molar-refractivity contribution in [2.24, 2.45) is 0 Å². The Labute approximate surface area is 177 Å². The van der Waals surface area contributed by atoms with Gasteiger partial charge in [0.15, 0.2) is 0 Å². The molecule has 1 aromatic heterocycles. The number of amides is 1. The SMILES string of the molecule is N#Cc1ccccc1NC(=O)c1cc(-c2ccc(Cl)c(Cl)c2)nc2ccccc12. The molecular weight excluding hydrogens is 405 g/mol. The van der Waals surface area contributed by atoms with E-state index >= 15 is 0 Å². The first kappa shape index (κ1) is 18.9. The minimum absolute atomic E-state index is 0.326. The summed E-state index contributed by atoms with van der Waals surface area (Å²) in [6.07, 6.45) is 0. The second kappa shape index (κ2) is 7.92. The summed E-state index contributed by atoms with van der Waals surface area (Å²) < 4.78 is 0. The van der Waals surface area contributed by atoms with E-state index in [4.69, 9.17) is 23.2 Å². The molecule has 0 spiro atoms. The van der Waals surface area contributed by atoms with E-state index in [0.717, 1.165) is 5.56 Å². The number of nitriles is 1. The van der Waals surface area contributed by atoms with E-state index in [0.29, 0.717) is 43.5 Å². The first-order valence-corrected chi connectivity index (χ1v) is 9.48. The number of nitrogens with zero attached hydrogens (tertiary/aromatic N) is 2. The molecule has 4 aromatic rings. The van der Waals surface area contributed by atoms with E-state index in [9.17, 15) is 10.1 Å². The number of carbonyl (C=O) groups is 1. The van der Waals surface area contributed by atoms with Crippen LogP contribution in [0.1, 0.15) is 15.9 Å². The molecule has 0 aliphatic carbocycles. The minimum Gasteiger partial charge on any atom is -0.321 e. The average molecular weight is 418 g/mol. The van der Waals surface area contributed by atoms with Crippen LogP contribution >= 0.6 is 23.2 Å². The zero-order chi connectivity index (χ0) is 20.4. The number of nitrogens with one attached hydrogen (secondary N) is 1. The predicted octanol–water partition coefficient (Wildman–Crippen LogP) is 6.33. The first-order valence-electron chi connectivity index (χ1n) is 8.72. The van der Waals surface area contributed by atoms with Gasteiger partial charge in [-0.15, -0.1) is 0 Å². The summed E-state index contributed by atoms with van der Waals surface area (Å²) in [6, 6.07) is 23.3. The zero-order valence-electron chi connectivity index (χ0n) is 15.0. The number of pyridine rings is 1. The Balaban J connectivity index is 1.83. The predicted molar refractivity (Wildman–Crippen MR) is 116 cm³/mol. The van der Waals surface area contributed by atoms with Crippen molar-refractivity contribution in [3.05, 3.63) is 94.0 Å². The van der Waals surface area contributed by atoms with Crippen LogP contribution in [0.2, 0.25) is 10.0 Å². The lowest BCUT2D eigenvalue weighted by Gasteiger charge is -2.12. The summed E-state index contributed by atoms with van der Waals surface area (Å²) in [6.45, 7) is 0. The standard InChI is InChI=1S/C23H13Cl2N3O/c24-18-10-9-14(11-19(18)25)22-12-17(16-6-2-4-8-21(16)27-22)23(29)28-20-7-3-1-5-15(20)13-26/h1-12H,(H,28,29). The Kier molecular flexibility index (Phi) is 5.18. The highest BCUT2D eigenvalue weighted by atomic mass is 35.5. The summed E-state index contributed by atoms with van der Waals surface area (Å²) in [7, 11) is 0. The van der Waals surface area contributed by atoms with Crippen molar-refractivity contribution in [2.75, 3.05) is 5.32 Å². The lowest BCUT2D eigenvalue weighted by atomic mass is 10.0. The van der Waals surface area contributed by atoms with E-state index in [1.807, 2.05) is 24.3 Å². The summed E-state index contributed by atoms with van der Waals surface area (Å²) in [5.41, 5.74) is 3.32. The normalized spacial score (nSPS) is 10.5. The molecule has 140 valence electrons. The van der Waals surface area contributed by atoms with Gasteiger partial charge in [0.05, 0.1) is 38.1 Å². The molecule has 0 saturated carbocycles. The van der Waals surface area contributed by atoms with Gasteiger partial charge in [-0.2, -0.15) is 5.26 Å². The van der Waals surface area contributed by atoms with E-state index in [-0.39, 0.29) is 5.91 Å². The Morgan fingerprint density at radius 1 is 0.931 bits per heavy atom. The van der Waals surface area contributed by atoms with E-state index in [2.05, 4.69) is 16.4 Å². The van der Waals surface area contributed by atoms with Crippen LogP contribution in [0, 0.1) is 11.3 Å². The van der Waals surface area contributed by atoms with Gasteiger partial charge in [-0.3, -0.25) is 4.79 Å². The maximum absolute atomic E-state index is 13.1. The molecule has 0 saturated heterocycles. The lowest BCUT2D eigenvalue weighted by Crippen LogP contribution is -2.14. The summed E-state index contributed by atoms with van der Waals surface area (Å²) >= 11 is 12.2. The maximum atomic E-state index is 13.1. The van der Waals surface area contributed by atoms with Crippen LogP contribution in [-0.4, -0.2) is 10.9 Å². The molecule has 0 bridgehead atoms. The second-order valence-corrected chi connectivity index (χ2v) is 7.13. The van der Waals surface area contributed by atoms with Gasteiger partial charge in [-0.1, -0.05) is 59.6 Å². The molecule has 1 heterocycles. The van der Waals surface area contributed by atoms with Crippen LogP contribution in [0.3, 0.4) is 0 Å². The van der Waals surface area contributed by atoms with Gasteiger partial charge in [0.1, 0.15) is 6.07 Å². The molecule has 29 heavy (non-hydrogen) atoms.